The average Bonchev–Trinajstić information content (AvgIpc) is 2.74. The number of halogens is 1. The van der Waals surface area contributed by atoms with Gasteiger partial charge in [-0.1, -0.05) is 23.7 Å². The van der Waals surface area contributed by atoms with Crippen LogP contribution in [0.3, 0.4) is 0 Å². The molecule has 0 atom stereocenters. The van der Waals surface area contributed by atoms with Crippen molar-refractivity contribution in [1.82, 2.24) is 19.6 Å². The molecule has 5 nitrogen and oxygen atoms in total. The highest BCUT2D eigenvalue weighted by atomic mass is 35.5. The van der Waals surface area contributed by atoms with Crippen molar-refractivity contribution in [1.29, 1.82) is 0 Å². The number of pyridine rings is 2. The molecule has 3 rings (SSSR count). The molecule has 84 valence electrons. The van der Waals surface area contributed by atoms with Gasteiger partial charge in [-0.2, -0.15) is 4.98 Å². The number of hydrogen-bond donors (Lipinski definition) is 1. The van der Waals surface area contributed by atoms with Crippen LogP contribution in [0, 0.1) is 0 Å². The third kappa shape index (κ3) is 1.92. The van der Waals surface area contributed by atoms with Crippen molar-refractivity contribution in [2.24, 2.45) is 0 Å². The molecule has 3 aromatic heterocycles. The molecule has 17 heavy (non-hydrogen) atoms. The first-order chi connectivity index (χ1) is 8.33. The van der Waals surface area contributed by atoms with Crippen LogP contribution in [0.4, 0.5) is 11.8 Å². The first-order valence-electron chi connectivity index (χ1n) is 5.02. The molecule has 0 aromatic carbocycles. The molecule has 0 spiro atoms. The van der Waals surface area contributed by atoms with Gasteiger partial charge in [0.1, 0.15) is 11.0 Å². The maximum atomic E-state index is 5.99. The first-order valence-corrected chi connectivity index (χ1v) is 5.40. The molecule has 0 aliphatic heterocycles. The maximum absolute atomic E-state index is 5.99. The zero-order chi connectivity index (χ0) is 11.7. The first kappa shape index (κ1) is 10.0. The minimum atomic E-state index is 0.469. The summed E-state index contributed by atoms with van der Waals surface area (Å²) in [5, 5.41) is 7.76. The lowest BCUT2D eigenvalue weighted by molar-refractivity contribution is 0.965. The maximum Gasteiger partial charge on any atom is 0.248 e. The molecular weight excluding hydrogens is 238 g/mol. The van der Waals surface area contributed by atoms with E-state index in [2.05, 4.69) is 20.4 Å². The van der Waals surface area contributed by atoms with Crippen molar-refractivity contribution in [2.45, 2.75) is 0 Å². The molecule has 0 saturated heterocycles. The van der Waals surface area contributed by atoms with E-state index < -0.39 is 0 Å². The molecule has 0 unspecified atom stereocenters. The fourth-order valence-corrected chi connectivity index (χ4v) is 1.67. The van der Waals surface area contributed by atoms with Gasteiger partial charge in [-0.3, -0.25) is 0 Å². The zero-order valence-corrected chi connectivity index (χ0v) is 9.46. The lowest BCUT2D eigenvalue weighted by Gasteiger charge is -1.97. The molecule has 3 heterocycles. The summed E-state index contributed by atoms with van der Waals surface area (Å²) >= 11 is 5.99. The number of nitrogens with one attached hydrogen (secondary N) is 1. The average molecular weight is 246 g/mol. The summed E-state index contributed by atoms with van der Waals surface area (Å²) in [5.74, 6) is 1.16. The van der Waals surface area contributed by atoms with Gasteiger partial charge in [0.15, 0.2) is 5.65 Å². The summed E-state index contributed by atoms with van der Waals surface area (Å²) in [6.07, 6.45) is 1.70. The normalized spacial score (nSPS) is 10.6. The minimum absolute atomic E-state index is 0.469. The van der Waals surface area contributed by atoms with E-state index in [1.165, 1.54) is 0 Å². The van der Waals surface area contributed by atoms with Gasteiger partial charge >= 0.3 is 0 Å². The van der Waals surface area contributed by atoms with Crippen LogP contribution in [0.25, 0.3) is 5.65 Å². The minimum Gasteiger partial charge on any atom is -0.307 e. The Morgan fingerprint density at radius 1 is 1.12 bits per heavy atom. The summed E-state index contributed by atoms with van der Waals surface area (Å²) in [4.78, 5) is 8.42. The van der Waals surface area contributed by atoms with Gasteiger partial charge in [-0.25, -0.2) is 9.50 Å². The lowest BCUT2D eigenvalue weighted by Crippen LogP contribution is -1.95. The molecule has 0 radical (unpaired) electrons. The van der Waals surface area contributed by atoms with Crippen LogP contribution >= 0.6 is 11.6 Å². The topological polar surface area (TPSA) is 55.1 Å². The lowest BCUT2D eigenvalue weighted by atomic mass is 10.5. The van der Waals surface area contributed by atoms with Crippen molar-refractivity contribution in [3.8, 4) is 0 Å². The number of rotatable bonds is 2. The predicted molar refractivity (Wildman–Crippen MR) is 65.5 cm³/mol. The second-order valence-corrected chi connectivity index (χ2v) is 3.78. The Morgan fingerprint density at radius 2 is 2.06 bits per heavy atom. The highest BCUT2D eigenvalue weighted by molar-refractivity contribution is 6.29. The Labute approximate surface area is 102 Å². The summed E-state index contributed by atoms with van der Waals surface area (Å²) in [7, 11) is 0. The molecule has 0 amide bonds. The fraction of sp³-hybridized carbons (Fsp3) is 0. The van der Waals surface area contributed by atoms with Crippen molar-refractivity contribution < 1.29 is 0 Å². The quantitative estimate of drug-likeness (QED) is 0.705. The van der Waals surface area contributed by atoms with Gasteiger partial charge < -0.3 is 5.32 Å². The number of fused-ring (bicyclic) bond motifs is 1. The zero-order valence-electron chi connectivity index (χ0n) is 8.71. The second kappa shape index (κ2) is 4.03. The Hall–Kier alpha value is -2.14. The fourth-order valence-electron chi connectivity index (χ4n) is 1.48. The van der Waals surface area contributed by atoms with E-state index >= 15 is 0 Å². The van der Waals surface area contributed by atoms with E-state index in [1.807, 2.05) is 30.3 Å². The summed E-state index contributed by atoms with van der Waals surface area (Å²) < 4.78 is 1.56. The molecule has 0 aliphatic carbocycles. The van der Waals surface area contributed by atoms with Gasteiger partial charge in [0, 0.05) is 6.20 Å². The molecule has 3 aromatic rings. The molecular formula is C11H8ClN5. The largest absolute Gasteiger partial charge is 0.307 e. The van der Waals surface area contributed by atoms with Gasteiger partial charge in [-0.15, -0.1) is 5.10 Å². The van der Waals surface area contributed by atoms with Crippen LogP contribution in [0.15, 0.2) is 42.6 Å². The number of anilines is 2. The van der Waals surface area contributed by atoms with Crippen molar-refractivity contribution >= 4 is 29.0 Å². The standard InChI is InChI=1S/C11H8ClN5/c12-8-4-3-6-10-15-11(16-17(8)10)14-9-5-1-2-7-13-9/h1-7H,(H,13,14,16). The van der Waals surface area contributed by atoms with Gasteiger partial charge in [-0.05, 0) is 24.3 Å². The highest BCUT2D eigenvalue weighted by Crippen LogP contribution is 2.15. The van der Waals surface area contributed by atoms with Gasteiger partial charge in [0.05, 0.1) is 0 Å². The third-order valence-corrected chi connectivity index (χ3v) is 2.50. The number of nitrogens with zero attached hydrogens (tertiary/aromatic N) is 4. The molecule has 1 N–H and O–H groups in total. The highest BCUT2D eigenvalue weighted by Gasteiger charge is 2.05. The van der Waals surface area contributed by atoms with E-state index in [0.717, 1.165) is 0 Å². The van der Waals surface area contributed by atoms with Crippen LogP contribution in [-0.4, -0.2) is 19.6 Å². The number of hydrogen-bond acceptors (Lipinski definition) is 4. The Balaban J connectivity index is 1.99. The van der Waals surface area contributed by atoms with E-state index in [4.69, 9.17) is 11.6 Å². The van der Waals surface area contributed by atoms with E-state index in [9.17, 15) is 0 Å². The van der Waals surface area contributed by atoms with Crippen LogP contribution < -0.4 is 5.32 Å². The van der Waals surface area contributed by atoms with Crippen molar-refractivity contribution in [2.75, 3.05) is 5.32 Å². The second-order valence-electron chi connectivity index (χ2n) is 3.39. The van der Waals surface area contributed by atoms with E-state index in [1.54, 1.807) is 16.8 Å². The van der Waals surface area contributed by atoms with Crippen LogP contribution in [-0.2, 0) is 0 Å². The van der Waals surface area contributed by atoms with Crippen LogP contribution in [0.1, 0.15) is 0 Å². The molecule has 0 aliphatic rings. The van der Waals surface area contributed by atoms with E-state index in [-0.39, 0.29) is 0 Å². The van der Waals surface area contributed by atoms with Crippen molar-refractivity contribution in [3.05, 3.63) is 47.7 Å². The van der Waals surface area contributed by atoms with Crippen molar-refractivity contribution in [3.63, 3.8) is 0 Å². The molecule has 0 bridgehead atoms. The summed E-state index contributed by atoms with van der Waals surface area (Å²) in [6, 6.07) is 11.0. The summed E-state index contributed by atoms with van der Waals surface area (Å²) in [6.45, 7) is 0. The third-order valence-electron chi connectivity index (χ3n) is 2.22. The van der Waals surface area contributed by atoms with Crippen LogP contribution in [0.5, 0.6) is 0 Å². The molecule has 0 saturated carbocycles. The van der Waals surface area contributed by atoms with E-state index in [0.29, 0.717) is 22.6 Å². The monoisotopic (exact) mass is 245 g/mol. The smallest absolute Gasteiger partial charge is 0.248 e. The summed E-state index contributed by atoms with van der Waals surface area (Å²) in [5.41, 5.74) is 0.691. The molecule has 6 heteroatoms. The Bertz CT molecular complexity index is 649. The van der Waals surface area contributed by atoms with Crippen LogP contribution in [0.2, 0.25) is 5.15 Å². The van der Waals surface area contributed by atoms with Gasteiger partial charge in [0.2, 0.25) is 5.95 Å². The SMILES string of the molecule is Clc1cccc2nc(Nc3ccccn3)nn12. The Morgan fingerprint density at radius 3 is 2.82 bits per heavy atom. The van der Waals surface area contributed by atoms with Gasteiger partial charge in [0.25, 0.3) is 0 Å². The number of aromatic nitrogens is 4. The predicted octanol–water partition coefficient (Wildman–Crippen LogP) is 2.52. The molecule has 0 fully saturated rings. The Kier molecular flexibility index (Phi) is 2.38.